The molecule has 0 saturated carbocycles. The van der Waals surface area contributed by atoms with E-state index in [1.807, 2.05) is 0 Å². The predicted molar refractivity (Wildman–Crippen MR) is 102 cm³/mol. The zero-order valence-corrected chi connectivity index (χ0v) is 16.1. The van der Waals surface area contributed by atoms with Crippen molar-refractivity contribution in [3.8, 4) is 0 Å². The number of amides is 3. The summed E-state index contributed by atoms with van der Waals surface area (Å²) in [5.41, 5.74) is 5.16. The van der Waals surface area contributed by atoms with E-state index in [9.17, 15) is 28.3 Å². The van der Waals surface area contributed by atoms with Gasteiger partial charge in [-0.3, -0.25) is 9.59 Å². The first-order valence-electron chi connectivity index (χ1n) is 8.64. The van der Waals surface area contributed by atoms with Crippen molar-refractivity contribution in [3.05, 3.63) is 64.2 Å². The molecule has 1 fully saturated rings. The van der Waals surface area contributed by atoms with Gasteiger partial charge in [0.25, 0.3) is 11.7 Å². The molecule has 0 bridgehead atoms. The first-order valence-corrected chi connectivity index (χ1v) is 9.02. The largest absolute Gasteiger partial charge is 0.410 e. The Kier molecular flexibility index (Phi) is 5.90. The number of nitrogens with one attached hydrogen (secondary N) is 1. The summed E-state index contributed by atoms with van der Waals surface area (Å²) in [6.07, 6.45) is -1.50. The maximum Gasteiger partial charge on any atom is 0.410 e. The highest BCUT2D eigenvalue weighted by Crippen LogP contribution is 2.31. The monoisotopic (exact) mass is 439 g/mol. The average Bonchev–Trinajstić information content (AvgIpc) is 2.94. The standard InChI is InChI=1S/C19H16ClF2N3O5/c20-12-5-10(6-13(21)8-12)9-24-18(28)30-19(29)3-4-25(17(19)27)15-7-11(16(23)26)1-2-14(15)22/h1-2,5-8,29H,3-4,9H2,(H2,23,26)(H,24,28)/t19-/m0/s1. The lowest BCUT2D eigenvalue weighted by atomic mass is 10.1. The number of carbonyl (C=O) groups excluding carboxylic acids is 3. The molecule has 0 spiro atoms. The molecule has 30 heavy (non-hydrogen) atoms. The molecule has 2 aromatic rings. The van der Waals surface area contributed by atoms with Gasteiger partial charge in [0.15, 0.2) is 0 Å². The number of anilines is 1. The van der Waals surface area contributed by atoms with Gasteiger partial charge in [-0.15, -0.1) is 0 Å². The number of halogens is 3. The van der Waals surface area contributed by atoms with Crippen LogP contribution < -0.4 is 16.0 Å². The molecule has 4 N–H and O–H groups in total. The quantitative estimate of drug-likeness (QED) is 0.616. The van der Waals surface area contributed by atoms with E-state index in [2.05, 4.69) is 5.32 Å². The number of hydrogen-bond donors (Lipinski definition) is 3. The number of rotatable bonds is 5. The average molecular weight is 440 g/mol. The zero-order chi connectivity index (χ0) is 22.1. The molecule has 158 valence electrons. The van der Waals surface area contributed by atoms with E-state index in [-0.39, 0.29) is 35.8 Å². The Morgan fingerprint density at radius 2 is 2.00 bits per heavy atom. The van der Waals surface area contributed by atoms with E-state index < -0.39 is 35.3 Å². The van der Waals surface area contributed by atoms with Crippen molar-refractivity contribution < 1.29 is 33.0 Å². The summed E-state index contributed by atoms with van der Waals surface area (Å²) in [6, 6.07) is 6.81. The molecule has 0 unspecified atom stereocenters. The zero-order valence-electron chi connectivity index (χ0n) is 15.3. The van der Waals surface area contributed by atoms with E-state index in [0.29, 0.717) is 5.56 Å². The van der Waals surface area contributed by atoms with E-state index in [4.69, 9.17) is 22.1 Å². The topological polar surface area (TPSA) is 122 Å². The normalized spacial score (nSPS) is 18.4. The fourth-order valence-corrected chi connectivity index (χ4v) is 3.20. The number of hydrogen-bond acceptors (Lipinski definition) is 5. The minimum Gasteiger partial charge on any atom is -0.407 e. The van der Waals surface area contributed by atoms with E-state index in [0.717, 1.165) is 35.2 Å². The van der Waals surface area contributed by atoms with Crippen LogP contribution in [0.5, 0.6) is 0 Å². The molecule has 1 heterocycles. The Balaban J connectivity index is 1.69. The van der Waals surface area contributed by atoms with Crippen molar-refractivity contribution in [3.63, 3.8) is 0 Å². The summed E-state index contributed by atoms with van der Waals surface area (Å²) in [5, 5.41) is 12.8. The fraction of sp³-hybridized carbons (Fsp3) is 0.211. The molecule has 3 rings (SSSR count). The Morgan fingerprint density at radius 1 is 1.27 bits per heavy atom. The maximum atomic E-state index is 14.2. The number of benzene rings is 2. The molecule has 1 atom stereocenters. The summed E-state index contributed by atoms with van der Waals surface area (Å²) >= 11 is 5.73. The van der Waals surface area contributed by atoms with Gasteiger partial charge in [0.2, 0.25) is 5.91 Å². The fourth-order valence-electron chi connectivity index (χ4n) is 2.96. The molecule has 3 amide bonds. The van der Waals surface area contributed by atoms with Crippen LogP contribution in [0.2, 0.25) is 5.02 Å². The lowest BCUT2D eigenvalue weighted by Crippen LogP contribution is -2.46. The van der Waals surface area contributed by atoms with Gasteiger partial charge >= 0.3 is 6.09 Å². The van der Waals surface area contributed by atoms with Gasteiger partial charge in [0.05, 0.1) is 5.69 Å². The van der Waals surface area contributed by atoms with Gasteiger partial charge in [0.1, 0.15) is 11.6 Å². The van der Waals surface area contributed by atoms with Crippen LogP contribution in [0.1, 0.15) is 22.3 Å². The van der Waals surface area contributed by atoms with Crippen molar-refractivity contribution in [2.45, 2.75) is 18.8 Å². The van der Waals surface area contributed by atoms with E-state index in [1.54, 1.807) is 0 Å². The van der Waals surface area contributed by atoms with Crippen molar-refractivity contribution in [2.24, 2.45) is 5.73 Å². The highest BCUT2D eigenvalue weighted by molar-refractivity contribution is 6.30. The minimum atomic E-state index is -2.54. The second-order valence-electron chi connectivity index (χ2n) is 6.54. The summed E-state index contributed by atoms with van der Waals surface area (Å²) < 4.78 is 32.3. The van der Waals surface area contributed by atoms with Crippen molar-refractivity contribution in [1.82, 2.24) is 5.32 Å². The Bertz CT molecular complexity index is 1010. The first-order chi connectivity index (χ1) is 14.1. The van der Waals surface area contributed by atoms with Gasteiger partial charge in [-0.1, -0.05) is 11.6 Å². The van der Waals surface area contributed by atoms with Crippen LogP contribution in [0.3, 0.4) is 0 Å². The number of nitrogens with zero attached hydrogens (tertiary/aromatic N) is 1. The molecule has 0 radical (unpaired) electrons. The number of nitrogens with two attached hydrogens (primary N) is 1. The van der Waals surface area contributed by atoms with Crippen LogP contribution in [0.25, 0.3) is 0 Å². The SMILES string of the molecule is NC(=O)c1ccc(F)c(N2CC[C@](O)(OC(=O)NCc3cc(F)cc(Cl)c3)C2=O)c1. The number of aliphatic hydroxyl groups is 1. The molecular weight excluding hydrogens is 424 g/mol. The Hall–Kier alpha value is -3.24. The highest BCUT2D eigenvalue weighted by Gasteiger charge is 2.50. The van der Waals surface area contributed by atoms with Crippen LogP contribution in [0.4, 0.5) is 19.3 Å². The maximum absolute atomic E-state index is 14.2. The summed E-state index contributed by atoms with van der Waals surface area (Å²) in [5.74, 6) is -5.89. The van der Waals surface area contributed by atoms with Crippen LogP contribution in [-0.2, 0) is 16.1 Å². The van der Waals surface area contributed by atoms with Crippen molar-refractivity contribution in [2.75, 3.05) is 11.4 Å². The summed E-state index contributed by atoms with van der Waals surface area (Å²) in [7, 11) is 0. The molecule has 0 aliphatic carbocycles. The predicted octanol–water partition coefficient (Wildman–Crippen LogP) is 2.07. The lowest BCUT2D eigenvalue weighted by molar-refractivity contribution is -0.175. The number of alkyl carbamates (subject to hydrolysis) is 1. The Labute approximate surface area is 174 Å². The first kappa shape index (κ1) is 21.5. The number of primary amides is 1. The molecule has 0 aromatic heterocycles. The van der Waals surface area contributed by atoms with Crippen molar-refractivity contribution in [1.29, 1.82) is 0 Å². The Morgan fingerprint density at radius 3 is 2.67 bits per heavy atom. The second-order valence-corrected chi connectivity index (χ2v) is 6.98. The van der Waals surface area contributed by atoms with Gasteiger partial charge in [-0.05, 0) is 42.0 Å². The lowest BCUT2D eigenvalue weighted by Gasteiger charge is -2.23. The summed E-state index contributed by atoms with van der Waals surface area (Å²) in [4.78, 5) is 36.8. The van der Waals surface area contributed by atoms with Gasteiger partial charge < -0.3 is 25.8 Å². The molecule has 11 heteroatoms. The van der Waals surface area contributed by atoms with E-state index >= 15 is 0 Å². The van der Waals surface area contributed by atoms with Crippen LogP contribution in [0.15, 0.2) is 36.4 Å². The number of carbonyl (C=O) groups is 3. The summed E-state index contributed by atoms with van der Waals surface area (Å²) in [6.45, 7) is -0.360. The highest BCUT2D eigenvalue weighted by atomic mass is 35.5. The minimum absolute atomic E-state index is 0.0398. The second kappa shape index (κ2) is 8.25. The number of ether oxygens (including phenoxy) is 1. The van der Waals surface area contributed by atoms with E-state index in [1.165, 1.54) is 6.07 Å². The van der Waals surface area contributed by atoms with Crippen LogP contribution in [-0.4, -0.2) is 35.3 Å². The molecule has 8 nitrogen and oxygen atoms in total. The van der Waals surface area contributed by atoms with Gasteiger partial charge in [-0.2, -0.15) is 0 Å². The molecule has 1 aliphatic heterocycles. The molecule has 1 saturated heterocycles. The van der Waals surface area contributed by atoms with Crippen molar-refractivity contribution >= 4 is 35.2 Å². The molecule has 1 aliphatic rings. The van der Waals surface area contributed by atoms with Gasteiger partial charge in [-0.25, -0.2) is 13.6 Å². The third-order valence-electron chi connectivity index (χ3n) is 4.40. The van der Waals surface area contributed by atoms with Crippen LogP contribution >= 0.6 is 11.6 Å². The van der Waals surface area contributed by atoms with Crippen LogP contribution in [0, 0.1) is 11.6 Å². The molecule has 2 aromatic carbocycles. The third-order valence-corrected chi connectivity index (χ3v) is 4.61. The third kappa shape index (κ3) is 4.50. The van der Waals surface area contributed by atoms with Gasteiger partial charge in [0, 0.05) is 30.1 Å². The smallest absolute Gasteiger partial charge is 0.407 e. The molecular formula is C19H16ClF2N3O5.